The van der Waals surface area contributed by atoms with E-state index in [1.165, 1.54) is 0 Å². The summed E-state index contributed by atoms with van der Waals surface area (Å²) in [6.45, 7) is 1.94. The number of nitrogens with two attached hydrogens (primary N) is 1. The summed E-state index contributed by atoms with van der Waals surface area (Å²) in [5.41, 5.74) is 5.81. The Hall–Kier alpha value is -1.50. The minimum Gasteiger partial charge on any atom is -0.382 e. The van der Waals surface area contributed by atoms with Crippen molar-refractivity contribution in [3.8, 4) is 11.8 Å². The van der Waals surface area contributed by atoms with E-state index in [-0.39, 0.29) is 29.2 Å². The third-order valence-electron chi connectivity index (χ3n) is 3.57. The summed E-state index contributed by atoms with van der Waals surface area (Å²) in [7, 11) is -3.29. The van der Waals surface area contributed by atoms with E-state index in [0.717, 1.165) is 25.0 Å². The van der Waals surface area contributed by atoms with Gasteiger partial charge in [0.1, 0.15) is 5.82 Å². The van der Waals surface area contributed by atoms with Crippen LogP contribution in [0.5, 0.6) is 0 Å². The Morgan fingerprint density at radius 3 is 3.00 bits per heavy atom. The summed E-state index contributed by atoms with van der Waals surface area (Å²) in [5.74, 6) is 6.71. The van der Waals surface area contributed by atoms with Gasteiger partial charge in [-0.2, -0.15) is 4.98 Å². The maximum atomic E-state index is 12.0. The zero-order valence-corrected chi connectivity index (χ0v) is 15.3. The number of anilines is 1. The summed E-state index contributed by atoms with van der Waals surface area (Å²) >= 11 is 1.71. The van der Waals surface area contributed by atoms with Gasteiger partial charge in [0.25, 0.3) is 0 Å². The number of rotatable bonds is 6. The Balaban J connectivity index is 2.07. The highest BCUT2D eigenvalue weighted by Gasteiger charge is 2.19. The molecule has 1 atom stereocenters. The molecule has 0 spiro atoms. The predicted molar refractivity (Wildman–Crippen MR) is 97.2 cm³/mol. The average molecular weight is 371 g/mol. The van der Waals surface area contributed by atoms with Crippen molar-refractivity contribution in [3.63, 3.8) is 0 Å². The molecule has 0 unspecified atom stereocenters. The highest BCUT2D eigenvalue weighted by atomic mass is 32.2. The quantitative estimate of drug-likeness (QED) is 0.721. The van der Waals surface area contributed by atoms with Crippen LogP contribution < -0.4 is 16.1 Å². The first-order chi connectivity index (χ1) is 11.4. The first-order valence-electron chi connectivity index (χ1n) is 7.89. The Bertz CT molecular complexity index is 787. The van der Waals surface area contributed by atoms with Crippen LogP contribution in [0, 0.1) is 11.8 Å². The molecule has 1 aliphatic heterocycles. The van der Waals surface area contributed by atoms with Crippen LogP contribution in [-0.2, 0) is 10.0 Å². The van der Waals surface area contributed by atoms with Crippen molar-refractivity contribution in [1.29, 1.82) is 0 Å². The topological polar surface area (TPSA) is 107 Å². The van der Waals surface area contributed by atoms with E-state index < -0.39 is 10.0 Å². The fourth-order valence-electron chi connectivity index (χ4n) is 2.26. The van der Waals surface area contributed by atoms with Crippen molar-refractivity contribution < 1.29 is 8.42 Å². The average Bonchev–Trinajstić information content (AvgIpc) is 3.05. The summed E-state index contributed by atoms with van der Waals surface area (Å²) in [6, 6.07) is 0. The smallest absolute Gasteiger partial charge is 0.350 e. The van der Waals surface area contributed by atoms with Gasteiger partial charge < -0.3 is 5.73 Å². The minimum atomic E-state index is -3.29. The molecule has 7 nitrogen and oxygen atoms in total. The van der Waals surface area contributed by atoms with Gasteiger partial charge >= 0.3 is 5.69 Å². The molecule has 1 aromatic rings. The van der Waals surface area contributed by atoms with Crippen LogP contribution in [-0.4, -0.2) is 36.0 Å². The van der Waals surface area contributed by atoms with Gasteiger partial charge in [-0.25, -0.2) is 17.9 Å². The van der Waals surface area contributed by atoms with Crippen molar-refractivity contribution >= 4 is 27.6 Å². The third kappa shape index (κ3) is 5.26. The summed E-state index contributed by atoms with van der Waals surface area (Å²) in [5, 5.41) is 0.0682. The van der Waals surface area contributed by atoms with Crippen LogP contribution in [0.3, 0.4) is 0 Å². The molecule has 2 heterocycles. The highest BCUT2D eigenvalue weighted by molar-refractivity contribution is 7.99. The van der Waals surface area contributed by atoms with Gasteiger partial charge in [-0.1, -0.05) is 25.2 Å². The Morgan fingerprint density at radius 2 is 2.33 bits per heavy atom. The largest absolute Gasteiger partial charge is 0.382 e. The van der Waals surface area contributed by atoms with E-state index in [4.69, 9.17) is 5.73 Å². The van der Waals surface area contributed by atoms with E-state index >= 15 is 0 Å². The lowest BCUT2D eigenvalue weighted by Gasteiger charge is -2.12. The molecule has 0 radical (unpaired) electrons. The number of nitrogens with zero attached hydrogens (tertiary/aromatic N) is 2. The number of aromatic nitrogens is 2. The number of sulfonamides is 1. The fraction of sp³-hybridized carbons (Fsp3) is 0.600. The van der Waals surface area contributed by atoms with Gasteiger partial charge in [0, 0.05) is 6.20 Å². The number of hydrogen-bond acceptors (Lipinski definition) is 6. The molecule has 0 bridgehead atoms. The lowest BCUT2D eigenvalue weighted by Crippen LogP contribution is -2.27. The zero-order chi connectivity index (χ0) is 17.6. The van der Waals surface area contributed by atoms with E-state index in [1.54, 1.807) is 22.5 Å². The zero-order valence-electron chi connectivity index (χ0n) is 13.6. The molecule has 9 heteroatoms. The minimum absolute atomic E-state index is 0.00277. The first-order valence-corrected chi connectivity index (χ1v) is 10.6. The van der Waals surface area contributed by atoms with Gasteiger partial charge in [-0.3, -0.25) is 4.57 Å². The Morgan fingerprint density at radius 1 is 1.54 bits per heavy atom. The van der Waals surface area contributed by atoms with Crippen molar-refractivity contribution in [2.24, 2.45) is 0 Å². The molecule has 0 amide bonds. The molecule has 2 rings (SSSR count). The number of unbranched alkanes of at least 4 members (excludes halogenated alkanes) is 1. The van der Waals surface area contributed by atoms with E-state index in [1.807, 2.05) is 6.92 Å². The normalized spacial score (nSPS) is 17.5. The Kier molecular flexibility index (Phi) is 6.71. The van der Waals surface area contributed by atoms with Gasteiger partial charge in [0.05, 0.1) is 23.2 Å². The molecule has 1 fully saturated rings. The second kappa shape index (κ2) is 8.55. The van der Waals surface area contributed by atoms with E-state index in [9.17, 15) is 13.2 Å². The summed E-state index contributed by atoms with van der Waals surface area (Å²) in [6.07, 6.45) is 5.03. The molecule has 0 aromatic carbocycles. The maximum Gasteiger partial charge on any atom is 0.350 e. The van der Waals surface area contributed by atoms with Crippen LogP contribution in [0.15, 0.2) is 11.0 Å². The standard InChI is InChI=1S/C15H22N4O3S2/c1-2-3-10-24(21,22)17-8-4-6-12-11-19(13-7-5-9-23-13)15(20)18-14(12)16/h11,13,17H,2-3,5,7-10H2,1H3,(H2,16,18,20)/t13-/m1/s1. The van der Waals surface area contributed by atoms with Crippen molar-refractivity contribution in [2.45, 2.75) is 38.0 Å². The lowest BCUT2D eigenvalue weighted by atomic mass is 10.3. The monoisotopic (exact) mass is 370 g/mol. The molecular weight excluding hydrogens is 348 g/mol. The maximum absolute atomic E-state index is 12.0. The van der Waals surface area contributed by atoms with Crippen molar-refractivity contribution in [1.82, 2.24) is 14.3 Å². The first kappa shape index (κ1) is 18.8. The van der Waals surface area contributed by atoms with Crippen LogP contribution in [0.4, 0.5) is 5.82 Å². The molecule has 1 aliphatic rings. The van der Waals surface area contributed by atoms with E-state index in [0.29, 0.717) is 12.0 Å². The lowest BCUT2D eigenvalue weighted by molar-refractivity contribution is 0.582. The predicted octanol–water partition coefficient (Wildman–Crippen LogP) is 0.922. The molecule has 0 aliphatic carbocycles. The number of nitrogens with one attached hydrogen (secondary N) is 1. The van der Waals surface area contributed by atoms with Crippen LogP contribution in [0.1, 0.15) is 43.5 Å². The molecule has 24 heavy (non-hydrogen) atoms. The van der Waals surface area contributed by atoms with Gasteiger partial charge in [-0.05, 0) is 25.0 Å². The second-order valence-electron chi connectivity index (χ2n) is 5.49. The second-order valence-corrected chi connectivity index (χ2v) is 8.70. The van der Waals surface area contributed by atoms with E-state index in [2.05, 4.69) is 21.5 Å². The number of thioether (sulfide) groups is 1. The molecule has 3 N–H and O–H groups in total. The Labute approximate surface area is 146 Å². The molecule has 1 aromatic heterocycles. The van der Waals surface area contributed by atoms with Crippen molar-refractivity contribution in [3.05, 3.63) is 22.2 Å². The van der Waals surface area contributed by atoms with Crippen molar-refractivity contribution in [2.75, 3.05) is 23.8 Å². The number of hydrogen-bond donors (Lipinski definition) is 2. The van der Waals surface area contributed by atoms with Gasteiger partial charge in [-0.15, -0.1) is 11.8 Å². The summed E-state index contributed by atoms with van der Waals surface area (Å²) in [4.78, 5) is 15.8. The van der Waals surface area contributed by atoms with Crippen LogP contribution in [0.2, 0.25) is 0 Å². The summed E-state index contributed by atoms with van der Waals surface area (Å²) < 4.78 is 27.3. The third-order valence-corrected chi connectivity index (χ3v) is 6.35. The van der Waals surface area contributed by atoms with Gasteiger partial charge in [0.15, 0.2) is 0 Å². The fourth-order valence-corrected chi connectivity index (χ4v) is 4.61. The molecular formula is C15H22N4O3S2. The van der Waals surface area contributed by atoms with Gasteiger partial charge in [0.2, 0.25) is 10.0 Å². The molecule has 1 saturated heterocycles. The SMILES string of the molecule is CCCCS(=O)(=O)NCC#Cc1cn([C@H]2CCCS2)c(=O)nc1N. The van der Waals surface area contributed by atoms with Crippen LogP contribution >= 0.6 is 11.8 Å². The highest BCUT2D eigenvalue weighted by Crippen LogP contribution is 2.34. The molecule has 0 saturated carbocycles. The number of nitrogen functional groups attached to an aromatic ring is 1. The molecule has 132 valence electrons. The van der Waals surface area contributed by atoms with Crippen LogP contribution in [0.25, 0.3) is 0 Å².